The molecule has 0 bridgehead atoms. The Morgan fingerprint density at radius 1 is 0.500 bits per heavy atom. The molecule has 8 heteroatoms. The van der Waals surface area contributed by atoms with Crippen LogP contribution in [0.15, 0.2) is 0 Å². The molecule has 0 aliphatic heterocycles. The zero-order valence-corrected chi connectivity index (χ0v) is 19.7. The lowest BCUT2D eigenvalue weighted by atomic mass is 9.69. The zero-order valence-electron chi connectivity index (χ0n) is 18.0. The van der Waals surface area contributed by atoms with Crippen LogP contribution in [0.4, 0.5) is 0 Å². The molecule has 30 heavy (non-hydrogen) atoms. The van der Waals surface area contributed by atoms with Crippen molar-refractivity contribution in [3.8, 4) is 0 Å². The lowest BCUT2D eigenvalue weighted by Gasteiger charge is -2.40. The van der Waals surface area contributed by atoms with E-state index in [9.17, 15) is 16.8 Å². The van der Waals surface area contributed by atoms with Crippen molar-refractivity contribution in [2.45, 2.75) is 102 Å². The van der Waals surface area contributed by atoms with Crippen LogP contribution in [-0.4, -0.2) is 40.5 Å². The number of fused-ring (bicyclic) bond motifs is 2. The summed E-state index contributed by atoms with van der Waals surface area (Å²) in [4.78, 5) is 0. The van der Waals surface area contributed by atoms with Crippen molar-refractivity contribution in [2.24, 2.45) is 23.7 Å². The van der Waals surface area contributed by atoms with Gasteiger partial charge >= 0.3 is 0 Å². The molecule has 0 heterocycles. The van der Waals surface area contributed by atoms with E-state index >= 15 is 0 Å². The molecular formula is C22H38O6S2. The molecule has 0 spiro atoms. The first-order valence-electron chi connectivity index (χ1n) is 12.1. The van der Waals surface area contributed by atoms with Crippen molar-refractivity contribution in [1.29, 1.82) is 0 Å². The number of rotatable bonds is 7. The highest BCUT2D eigenvalue weighted by Gasteiger charge is 2.40. The summed E-state index contributed by atoms with van der Waals surface area (Å²) in [7, 11) is -7.78. The standard InChI is InChI=1S/C22H38O6S2/c23-29(24,27-21-13-5-9-17-7-1-3-11-19(17)21)15-16-30(25,26)28-22-14-6-10-18-8-2-4-12-20(18)22/h17-22H,1-16H2. The Bertz CT molecular complexity index is 707. The number of hydrogen-bond acceptors (Lipinski definition) is 6. The summed E-state index contributed by atoms with van der Waals surface area (Å²) >= 11 is 0. The van der Waals surface area contributed by atoms with E-state index in [4.69, 9.17) is 8.37 Å². The summed E-state index contributed by atoms with van der Waals surface area (Å²) in [5, 5.41) is 0. The van der Waals surface area contributed by atoms with Gasteiger partial charge in [0.25, 0.3) is 20.2 Å². The molecule has 4 aliphatic rings. The van der Waals surface area contributed by atoms with E-state index in [0.717, 1.165) is 77.0 Å². The van der Waals surface area contributed by atoms with Crippen molar-refractivity contribution in [1.82, 2.24) is 0 Å². The molecule has 4 fully saturated rings. The quantitative estimate of drug-likeness (QED) is 0.521. The maximum absolute atomic E-state index is 12.6. The van der Waals surface area contributed by atoms with Gasteiger partial charge in [0, 0.05) is 0 Å². The predicted molar refractivity (Wildman–Crippen MR) is 116 cm³/mol. The highest BCUT2D eigenvalue weighted by molar-refractivity contribution is 7.90. The van der Waals surface area contributed by atoms with Gasteiger partial charge in [-0.1, -0.05) is 51.4 Å². The van der Waals surface area contributed by atoms with Crippen LogP contribution < -0.4 is 0 Å². The minimum atomic E-state index is -3.89. The van der Waals surface area contributed by atoms with Gasteiger partial charge in [-0.3, -0.25) is 8.37 Å². The third-order valence-electron chi connectivity index (χ3n) is 8.14. The lowest BCUT2D eigenvalue weighted by molar-refractivity contribution is 0.0308. The van der Waals surface area contributed by atoms with Gasteiger partial charge in [0.1, 0.15) is 0 Å². The molecule has 0 aromatic carbocycles. The second kappa shape index (κ2) is 9.75. The third-order valence-corrected chi connectivity index (χ3v) is 10.9. The van der Waals surface area contributed by atoms with Crippen LogP contribution in [0.1, 0.15) is 89.9 Å². The normalized spacial score (nSPS) is 37.9. The first kappa shape index (κ1) is 23.0. The summed E-state index contributed by atoms with van der Waals surface area (Å²) < 4.78 is 61.5. The SMILES string of the molecule is O=S(=O)(CCS(=O)(=O)OC1CCCC2CCCCC21)OC1CCCC2CCCCC21. The summed E-state index contributed by atoms with van der Waals surface area (Å²) in [6.45, 7) is 0. The van der Waals surface area contributed by atoms with Gasteiger partial charge < -0.3 is 0 Å². The smallest absolute Gasteiger partial charge is 0.266 e. The minimum Gasteiger partial charge on any atom is -0.266 e. The fraction of sp³-hybridized carbons (Fsp3) is 1.00. The molecule has 0 N–H and O–H groups in total. The third kappa shape index (κ3) is 5.78. The van der Waals surface area contributed by atoms with Crippen molar-refractivity contribution in [3.63, 3.8) is 0 Å². The first-order chi connectivity index (χ1) is 14.3. The van der Waals surface area contributed by atoms with E-state index in [-0.39, 0.29) is 12.2 Å². The Kier molecular flexibility index (Phi) is 7.48. The Labute approximate surface area is 182 Å². The van der Waals surface area contributed by atoms with Gasteiger partial charge in [0.15, 0.2) is 0 Å². The van der Waals surface area contributed by atoms with Gasteiger partial charge in [-0.25, -0.2) is 0 Å². The van der Waals surface area contributed by atoms with E-state index < -0.39 is 31.7 Å². The van der Waals surface area contributed by atoms with Crippen LogP contribution >= 0.6 is 0 Å². The van der Waals surface area contributed by atoms with Crippen LogP contribution in [0.5, 0.6) is 0 Å². The van der Waals surface area contributed by atoms with Crippen molar-refractivity contribution < 1.29 is 25.2 Å². The molecule has 0 aromatic heterocycles. The van der Waals surface area contributed by atoms with E-state index in [2.05, 4.69) is 0 Å². The Morgan fingerprint density at radius 2 is 0.867 bits per heavy atom. The van der Waals surface area contributed by atoms with Crippen LogP contribution in [-0.2, 0) is 28.6 Å². The van der Waals surface area contributed by atoms with Gasteiger partial charge in [-0.2, -0.15) is 16.8 Å². The summed E-state index contributed by atoms with van der Waals surface area (Å²) in [5.41, 5.74) is 0. The van der Waals surface area contributed by atoms with Crippen molar-refractivity contribution >= 4 is 20.2 Å². The second-order valence-corrected chi connectivity index (χ2v) is 13.5. The molecule has 6 atom stereocenters. The van der Waals surface area contributed by atoms with Gasteiger partial charge in [0.05, 0.1) is 23.7 Å². The van der Waals surface area contributed by atoms with E-state index in [0.29, 0.717) is 23.7 Å². The second-order valence-electron chi connectivity index (χ2n) is 10.1. The zero-order chi connectivity index (χ0) is 21.2. The van der Waals surface area contributed by atoms with E-state index in [1.807, 2.05) is 0 Å². The molecule has 4 aliphatic carbocycles. The summed E-state index contributed by atoms with van der Waals surface area (Å²) in [6.07, 6.45) is 14.4. The number of hydrogen-bond donors (Lipinski definition) is 0. The van der Waals surface area contributed by atoms with Gasteiger partial charge in [-0.15, -0.1) is 0 Å². The molecule has 174 valence electrons. The molecule has 0 saturated heterocycles. The average molecular weight is 463 g/mol. The monoisotopic (exact) mass is 462 g/mol. The molecule has 6 unspecified atom stereocenters. The minimum absolute atomic E-state index is 0.279. The maximum atomic E-state index is 12.6. The van der Waals surface area contributed by atoms with Crippen LogP contribution in [0.3, 0.4) is 0 Å². The lowest BCUT2D eigenvalue weighted by Crippen LogP contribution is -2.39. The Morgan fingerprint density at radius 3 is 1.30 bits per heavy atom. The van der Waals surface area contributed by atoms with Crippen LogP contribution in [0.25, 0.3) is 0 Å². The molecule has 0 radical (unpaired) electrons. The molecule has 4 saturated carbocycles. The van der Waals surface area contributed by atoms with Crippen molar-refractivity contribution in [3.05, 3.63) is 0 Å². The summed E-state index contributed by atoms with van der Waals surface area (Å²) in [5.74, 6) is 0.721. The van der Waals surface area contributed by atoms with Crippen LogP contribution in [0.2, 0.25) is 0 Å². The average Bonchev–Trinajstić information content (AvgIpc) is 2.73. The molecular weight excluding hydrogens is 424 g/mol. The predicted octanol–water partition coefficient (Wildman–Crippen LogP) is 4.40. The van der Waals surface area contributed by atoms with Crippen LogP contribution in [0, 0.1) is 23.7 Å². The molecule has 4 rings (SSSR count). The Hall–Kier alpha value is -0.180. The molecule has 0 amide bonds. The molecule has 0 aromatic rings. The van der Waals surface area contributed by atoms with E-state index in [1.165, 1.54) is 12.8 Å². The van der Waals surface area contributed by atoms with Crippen molar-refractivity contribution in [2.75, 3.05) is 11.5 Å². The van der Waals surface area contributed by atoms with Gasteiger partial charge in [-0.05, 0) is 62.2 Å². The highest BCUT2D eigenvalue weighted by Crippen LogP contribution is 2.43. The summed E-state index contributed by atoms with van der Waals surface area (Å²) in [6, 6.07) is 0. The van der Waals surface area contributed by atoms with Gasteiger partial charge in [0.2, 0.25) is 0 Å². The maximum Gasteiger partial charge on any atom is 0.268 e. The van der Waals surface area contributed by atoms with E-state index in [1.54, 1.807) is 0 Å². The fourth-order valence-corrected chi connectivity index (χ4v) is 9.73. The largest absolute Gasteiger partial charge is 0.268 e. The topological polar surface area (TPSA) is 86.7 Å². The fourth-order valence-electron chi connectivity index (χ4n) is 6.67. The molecule has 6 nitrogen and oxygen atoms in total. The Balaban J connectivity index is 1.31. The first-order valence-corrected chi connectivity index (χ1v) is 15.3. The highest BCUT2D eigenvalue weighted by atomic mass is 32.2.